The summed E-state index contributed by atoms with van der Waals surface area (Å²) in [4.78, 5) is 0. The summed E-state index contributed by atoms with van der Waals surface area (Å²) in [6.07, 6.45) is 5.89. The van der Waals surface area contributed by atoms with Gasteiger partial charge in [-0.2, -0.15) is 0 Å². The molecular weight excluding hydrogens is 266 g/mol. The summed E-state index contributed by atoms with van der Waals surface area (Å²) in [5, 5.41) is 0. The summed E-state index contributed by atoms with van der Waals surface area (Å²) in [6, 6.07) is 5.89. The summed E-state index contributed by atoms with van der Waals surface area (Å²) in [5.41, 5.74) is 6.79. The van der Waals surface area contributed by atoms with Gasteiger partial charge in [0.05, 0.1) is 19.3 Å². The lowest BCUT2D eigenvalue weighted by Gasteiger charge is -2.14. The molecule has 0 amide bonds. The van der Waals surface area contributed by atoms with Crippen LogP contribution >= 0.6 is 0 Å². The van der Waals surface area contributed by atoms with E-state index in [4.69, 9.17) is 19.9 Å². The second-order valence-corrected chi connectivity index (χ2v) is 5.45. The largest absolute Gasteiger partial charge is 0.493 e. The summed E-state index contributed by atoms with van der Waals surface area (Å²) in [5.74, 6) is 1.70. The van der Waals surface area contributed by atoms with E-state index in [-0.39, 0.29) is 0 Å². The molecule has 1 heterocycles. The molecule has 4 nitrogen and oxygen atoms in total. The lowest BCUT2D eigenvalue weighted by atomic mass is 10.1. The standard InChI is InChI=1S/C17H27NO3/c1-2-9-19-16-8-7-14(13-18)17(12-16)21-11-4-6-15-5-3-10-20-15/h7-8,12,15H,2-6,9-11,13,18H2,1H3. The molecule has 0 aromatic heterocycles. The highest BCUT2D eigenvalue weighted by Crippen LogP contribution is 2.25. The second-order valence-electron chi connectivity index (χ2n) is 5.45. The van der Waals surface area contributed by atoms with E-state index < -0.39 is 0 Å². The second kappa shape index (κ2) is 8.90. The molecule has 21 heavy (non-hydrogen) atoms. The number of rotatable bonds is 9. The molecular formula is C17H27NO3. The molecule has 0 aliphatic carbocycles. The first kappa shape index (κ1) is 16.1. The average Bonchev–Trinajstić information content (AvgIpc) is 3.03. The zero-order valence-electron chi connectivity index (χ0n) is 13.0. The predicted octanol–water partition coefficient (Wildman–Crippen LogP) is 3.27. The van der Waals surface area contributed by atoms with Crippen LogP contribution < -0.4 is 15.2 Å². The molecule has 118 valence electrons. The zero-order valence-corrected chi connectivity index (χ0v) is 13.0. The van der Waals surface area contributed by atoms with Gasteiger partial charge in [-0.3, -0.25) is 0 Å². The summed E-state index contributed by atoms with van der Waals surface area (Å²) < 4.78 is 17.2. The van der Waals surface area contributed by atoms with Crippen molar-refractivity contribution in [1.29, 1.82) is 0 Å². The number of benzene rings is 1. The van der Waals surface area contributed by atoms with Crippen LogP contribution in [0.5, 0.6) is 11.5 Å². The Morgan fingerprint density at radius 1 is 1.29 bits per heavy atom. The highest BCUT2D eigenvalue weighted by Gasteiger charge is 2.14. The van der Waals surface area contributed by atoms with Crippen LogP contribution in [0.2, 0.25) is 0 Å². The molecule has 0 radical (unpaired) electrons. The smallest absolute Gasteiger partial charge is 0.127 e. The Morgan fingerprint density at radius 2 is 2.19 bits per heavy atom. The van der Waals surface area contributed by atoms with Crippen molar-refractivity contribution >= 4 is 0 Å². The maximum atomic E-state index is 5.89. The van der Waals surface area contributed by atoms with Crippen LogP contribution in [0.15, 0.2) is 18.2 Å². The van der Waals surface area contributed by atoms with E-state index in [2.05, 4.69) is 6.92 Å². The van der Waals surface area contributed by atoms with Gasteiger partial charge < -0.3 is 19.9 Å². The fourth-order valence-electron chi connectivity index (χ4n) is 2.51. The van der Waals surface area contributed by atoms with Gasteiger partial charge in [-0.15, -0.1) is 0 Å². The van der Waals surface area contributed by atoms with Crippen molar-refractivity contribution in [2.75, 3.05) is 19.8 Å². The molecule has 4 heteroatoms. The van der Waals surface area contributed by atoms with Gasteiger partial charge in [0.15, 0.2) is 0 Å². The van der Waals surface area contributed by atoms with Gasteiger partial charge in [-0.05, 0) is 38.2 Å². The molecule has 1 saturated heterocycles. The van der Waals surface area contributed by atoms with E-state index in [0.717, 1.165) is 49.5 Å². The van der Waals surface area contributed by atoms with Gasteiger partial charge in [0.1, 0.15) is 11.5 Å². The number of ether oxygens (including phenoxy) is 3. The predicted molar refractivity (Wildman–Crippen MR) is 83.8 cm³/mol. The highest BCUT2D eigenvalue weighted by atomic mass is 16.5. The maximum Gasteiger partial charge on any atom is 0.127 e. The Labute approximate surface area is 127 Å². The van der Waals surface area contributed by atoms with Crippen molar-refractivity contribution in [1.82, 2.24) is 0 Å². The SMILES string of the molecule is CCCOc1ccc(CN)c(OCCCC2CCCO2)c1. The van der Waals surface area contributed by atoms with Gasteiger partial charge in [-0.1, -0.05) is 13.0 Å². The van der Waals surface area contributed by atoms with Gasteiger partial charge in [0.25, 0.3) is 0 Å². The van der Waals surface area contributed by atoms with E-state index in [1.807, 2.05) is 18.2 Å². The molecule has 1 aromatic carbocycles. The third-order valence-corrected chi connectivity index (χ3v) is 3.68. The fraction of sp³-hybridized carbons (Fsp3) is 0.647. The van der Waals surface area contributed by atoms with Crippen molar-refractivity contribution < 1.29 is 14.2 Å². The molecule has 2 rings (SSSR count). The Morgan fingerprint density at radius 3 is 2.90 bits per heavy atom. The molecule has 0 spiro atoms. The average molecular weight is 293 g/mol. The summed E-state index contributed by atoms with van der Waals surface area (Å²) in [7, 11) is 0. The maximum absolute atomic E-state index is 5.89. The monoisotopic (exact) mass is 293 g/mol. The molecule has 1 unspecified atom stereocenters. The number of hydrogen-bond acceptors (Lipinski definition) is 4. The van der Waals surface area contributed by atoms with E-state index in [1.54, 1.807) is 0 Å². The van der Waals surface area contributed by atoms with Gasteiger partial charge in [-0.25, -0.2) is 0 Å². The first-order valence-electron chi connectivity index (χ1n) is 8.03. The summed E-state index contributed by atoms with van der Waals surface area (Å²) in [6.45, 7) is 4.91. The van der Waals surface area contributed by atoms with Gasteiger partial charge in [0, 0.05) is 24.8 Å². The van der Waals surface area contributed by atoms with Crippen LogP contribution in [0.1, 0.15) is 44.6 Å². The van der Waals surface area contributed by atoms with Crippen LogP contribution in [0, 0.1) is 0 Å². The highest BCUT2D eigenvalue weighted by molar-refractivity contribution is 5.40. The molecule has 2 N–H and O–H groups in total. The first-order valence-corrected chi connectivity index (χ1v) is 8.03. The Kier molecular flexibility index (Phi) is 6.83. The third kappa shape index (κ3) is 5.21. The normalized spacial score (nSPS) is 17.9. The number of nitrogens with two attached hydrogens (primary N) is 1. The molecule has 1 aliphatic heterocycles. The van der Waals surface area contributed by atoms with Crippen molar-refractivity contribution in [3.63, 3.8) is 0 Å². The summed E-state index contributed by atoms with van der Waals surface area (Å²) >= 11 is 0. The Hall–Kier alpha value is -1.26. The van der Waals surface area contributed by atoms with Crippen molar-refractivity contribution in [2.45, 2.75) is 51.7 Å². The van der Waals surface area contributed by atoms with Crippen LogP contribution in [0.4, 0.5) is 0 Å². The molecule has 1 aliphatic rings. The topological polar surface area (TPSA) is 53.7 Å². The Balaban J connectivity index is 1.81. The van der Waals surface area contributed by atoms with E-state index >= 15 is 0 Å². The molecule has 0 bridgehead atoms. The molecule has 1 fully saturated rings. The molecule has 0 saturated carbocycles. The van der Waals surface area contributed by atoms with Gasteiger partial charge >= 0.3 is 0 Å². The number of hydrogen-bond donors (Lipinski definition) is 1. The Bertz CT molecular complexity index is 416. The van der Waals surface area contributed by atoms with E-state index in [1.165, 1.54) is 12.8 Å². The quantitative estimate of drug-likeness (QED) is 0.710. The van der Waals surface area contributed by atoms with Gasteiger partial charge in [0.2, 0.25) is 0 Å². The molecule has 1 aromatic rings. The minimum Gasteiger partial charge on any atom is -0.493 e. The van der Waals surface area contributed by atoms with Crippen molar-refractivity contribution in [3.8, 4) is 11.5 Å². The zero-order chi connectivity index (χ0) is 14.9. The van der Waals surface area contributed by atoms with Crippen LogP contribution in [0.25, 0.3) is 0 Å². The minimum atomic E-state index is 0.432. The first-order chi connectivity index (χ1) is 10.3. The van der Waals surface area contributed by atoms with Crippen LogP contribution in [-0.4, -0.2) is 25.9 Å². The third-order valence-electron chi connectivity index (χ3n) is 3.68. The lowest BCUT2D eigenvalue weighted by molar-refractivity contribution is 0.0980. The van der Waals surface area contributed by atoms with Crippen molar-refractivity contribution in [2.24, 2.45) is 5.73 Å². The lowest BCUT2D eigenvalue weighted by Crippen LogP contribution is -2.09. The van der Waals surface area contributed by atoms with Crippen LogP contribution in [0.3, 0.4) is 0 Å². The van der Waals surface area contributed by atoms with E-state index in [0.29, 0.717) is 19.3 Å². The fourth-order valence-corrected chi connectivity index (χ4v) is 2.51. The minimum absolute atomic E-state index is 0.432. The van der Waals surface area contributed by atoms with Crippen LogP contribution in [-0.2, 0) is 11.3 Å². The van der Waals surface area contributed by atoms with E-state index in [9.17, 15) is 0 Å². The molecule has 1 atom stereocenters. The van der Waals surface area contributed by atoms with Crippen molar-refractivity contribution in [3.05, 3.63) is 23.8 Å².